The summed E-state index contributed by atoms with van der Waals surface area (Å²) in [7, 11) is 0. The second-order valence-electron chi connectivity index (χ2n) is 9.35. The second kappa shape index (κ2) is 10.6. The number of nitrogens with zero attached hydrogens (tertiary/aromatic N) is 4. The third-order valence-electron chi connectivity index (χ3n) is 6.29. The van der Waals surface area contributed by atoms with Gasteiger partial charge in [0.25, 0.3) is 0 Å². The minimum atomic E-state index is -0.325. The summed E-state index contributed by atoms with van der Waals surface area (Å²) in [6.07, 6.45) is 1.53. The number of hydrogen-bond donors (Lipinski definition) is 2. The monoisotopic (exact) mass is 474 g/mol. The van der Waals surface area contributed by atoms with Crippen LogP contribution in [-0.4, -0.2) is 48.7 Å². The third kappa shape index (κ3) is 5.65. The SMILES string of the molecule is Cc1cccc(N2CCN(c3ncnc(Nc4ccc(C(=O)OCC(C)C)cc4)c3N)CC2)c1C. The molecule has 8 heteroatoms. The third-order valence-corrected chi connectivity index (χ3v) is 6.29. The number of hydrogen-bond acceptors (Lipinski definition) is 8. The first-order valence-electron chi connectivity index (χ1n) is 12.0. The first-order chi connectivity index (χ1) is 16.8. The molecule has 0 saturated carbocycles. The number of carbonyl (C=O) groups is 1. The topological polar surface area (TPSA) is 96.6 Å². The predicted octanol–water partition coefficient (Wildman–Crippen LogP) is 4.56. The van der Waals surface area contributed by atoms with E-state index in [9.17, 15) is 4.79 Å². The highest BCUT2D eigenvalue weighted by Crippen LogP contribution is 2.30. The molecule has 1 saturated heterocycles. The lowest BCUT2D eigenvalue weighted by Gasteiger charge is -2.38. The number of nitrogens with two attached hydrogens (primary N) is 1. The molecule has 3 aromatic rings. The first kappa shape index (κ1) is 24.3. The normalized spacial score (nSPS) is 13.7. The molecular formula is C27H34N6O2. The number of esters is 1. The molecule has 0 spiro atoms. The van der Waals surface area contributed by atoms with Gasteiger partial charge in [-0.15, -0.1) is 0 Å². The Morgan fingerprint density at radius 3 is 2.40 bits per heavy atom. The van der Waals surface area contributed by atoms with E-state index in [2.05, 4.69) is 57.1 Å². The Bertz CT molecular complexity index is 1170. The van der Waals surface area contributed by atoms with Crippen LogP contribution in [0.2, 0.25) is 0 Å². The van der Waals surface area contributed by atoms with E-state index in [1.807, 2.05) is 26.0 Å². The van der Waals surface area contributed by atoms with E-state index in [1.165, 1.54) is 23.1 Å². The molecule has 0 amide bonds. The van der Waals surface area contributed by atoms with Crippen LogP contribution in [0, 0.1) is 19.8 Å². The summed E-state index contributed by atoms with van der Waals surface area (Å²) in [5.41, 5.74) is 12.2. The number of aromatic nitrogens is 2. The lowest BCUT2D eigenvalue weighted by atomic mass is 10.1. The summed E-state index contributed by atoms with van der Waals surface area (Å²) in [5.74, 6) is 1.25. The Morgan fingerprint density at radius 1 is 1.03 bits per heavy atom. The van der Waals surface area contributed by atoms with Gasteiger partial charge in [-0.05, 0) is 61.2 Å². The van der Waals surface area contributed by atoms with Crippen molar-refractivity contribution >= 4 is 34.7 Å². The zero-order chi connectivity index (χ0) is 24.9. The lowest BCUT2D eigenvalue weighted by Crippen LogP contribution is -2.47. The fourth-order valence-electron chi connectivity index (χ4n) is 4.13. The van der Waals surface area contributed by atoms with E-state index in [4.69, 9.17) is 10.5 Å². The molecular weight excluding hydrogens is 440 g/mol. The molecule has 1 aliphatic rings. The van der Waals surface area contributed by atoms with Gasteiger partial charge in [0.1, 0.15) is 12.0 Å². The fraction of sp³-hybridized carbons (Fsp3) is 0.370. The van der Waals surface area contributed by atoms with Gasteiger partial charge >= 0.3 is 5.97 Å². The average Bonchev–Trinajstić information content (AvgIpc) is 2.86. The highest BCUT2D eigenvalue weighted by atomic mass is 16.5. The molecule has 184 valence electrons. The summed E-state index contributed by atoms with van der Waals surface area (Å²) in [4.78, 5) is 25.6. The smallest absolute Gasteiger partial charge is 0.338 e. The van der Waals surface area contributed by atoms with E-state index >= 15 is 0 Å². The molecule has 0 unspecified atom stereocenters. The van der Waals surface area contributed by atoms with Crippen LogP contribution in [0.15, 0.2) is 48.8 Å². The van der Waals surface area contributed by atoms with Crippen molar-refractivity contribution in [2.24, 2.45) is 5.92 Å². The van der Waals surface area contributed by atoms with Crippen LogP contribution >= 0.6 is 0 Å². The molecule has 0 atom stereocenters. The zero-order valence-electron chi connectivity index (χ0n) is 20.9. The second-order valence-corrected chi connectivity index (χ2v) is 9.35. The van der Waals surface area contributed by atoms with Gasteiger partial charge in [0.05, 0.1) is 12.2 Å². The van der Waals surface area contributed by atoms with E-state index < -0.39 is 0 Å². The number of piperazine rings is 1. The summed E-state index contributed by atoms with van der Waals surface area (Å²) < 4.78 is 5.29. The van der Waals surface area contributed by atoms with Crippen LogP contribution in [-0.2, 0) is 4.74 Å². The number of anilines is 5. The highest BCUT2D eigenvalue weighted by molar-refractivity contribution is 5.90. The van der Waals surface area contributed by atoms with Gasteiger partial charge in [0.2, 0.25) is 0 Å². The number of rotatable bonds is 7. The molecule has 1 aliphatic heterocycles. The molecule has 0 radical (unpaired) electrons. The van der Waals surface area contributed by atoms with Crippen molar-refractivity contribution in [3.05, 3.63) is 65.5 Å². The van der Waals surface area contributed by atoms with Crippen molar-refractivity contribution in [1.82, 2.24) is 9.97 Å². The standard InChI is InChI=1S/C27H34N6O2/c1-18(2)16-35-27(34)21-8-10-22(11-9-21)31-25-24(28)26(30-17-29-25)33-14-12-32(13-15-33)23-7-5-6-19(3)20(23)4/h5-11,17-18H,12-16,28H2,1-4H3,(H,29,30,31). The summed E-state index contributed by atoms with van der Waals surface area (Å²) in [6.45, 7) is 12.2. The van der Waals surface area contributed by atoms with Gasteiger partial charge in [-0.2, -0.15) is 0 Å². The molecule has 0 aliphatic carbocycles. The maximum Gasteiger partial charge on any atom is 0.338 e. The Hall–Kier alpha value is -3.81. The molecule has 8 nitrogen and oxygen atoms in total. The van der Waals surface area contributed by atoms with E-state index in [0.29, 0.717) is 29.6 Å². The number of nitrogen functional groups attached to an aromatic ring is 1. The first-order valence-corrected chi connectivity index (χ1v) is 12.0. The summed E-state index contributed by atoms with van der Waals surface area (Å²) >= 11 is 0. The van der Waals surface area contributed by atoms with Gasteiger partial charge in [-0.3, -0.25) is 0 Å². The number of aryl methyl sites for hydroxylation is 1. The van der Waals surface area contributed by atoms with Gasteiger partial charge in [-0.1, -0.05) is 26.0 Å². The summed E-state index contributed by atoms with van der Waals surface area (Å²) in [5, 5.41) is 3.25. The maximum absolute atomic E-state index is 12.1. The number of carbonyl (C=O) groups excluding carboxylic acids is 1. The van der Waals surface area contributed by atoms with Crippen molar-refractivity contribution < 1.29 is 9.53 Å². The van der Waals surface area contributed by atoms with Crippen LogP contribution in [0.1, 0.15) is 35.3 Å². The molecule has 0 bridgehead atoms. The molecule has 1 aromatic heterocycles. The van der Waals surface area contributed by atoms with Crippen LogP contribution in [0.3, 0.4) is 0 Å². The van der Waals surface area contributed by atoms with Crippen molar-refractivity contribution in [3.63, 3.8) is 0 Å². The van der Waals surface area contributed by atoms with Gasteiger partial charge < -0.3 is 25.6 Å². The molecule has 4 rings (SSSR count). The van der Waals surface area contributed by atoms with Crippen molar-refractivity contribution in [1.29, 1.82) is 0 Å². The zero-order valence-corrected chi connectivity index (χ0v) is 20.9. The Morgan fingerprint density at radius 2 is 1.71 bits per heavy atom. The average molecular weight is 475 g/mol. The van der Waals surface area contributed by atoms with Gasteiger partial charge in [0, 0.05) is 37.6 Å². The van der Waals surface area contributed by atoms with E-state index in [1.54, 1.807) is 12.1 Å². The maximum atomic E-state index is 12.1. The van der Waals surface area contributed by atoms with Crippen molar-refractivity contribution in [2.45, 2.75) is 27.7 Å². The number of benzene rings is 2. The quantitative estimate of drug-likeness (QED) is 0.481. The van der Waals surface area contributed by atoms with Gasteiger partial charge in [0.15, 0.2) is 11.6 Å². The lowest BCUT2D eigenvalue weighted by molar-refractivity contribution is 0.0459. The minimum Gasteiger partial charge on any atom is -0.462 e. The van der Waals surface area contributed by atoms with Crippen molar-refractivity contribution in [3.8, 4) is 0 Å². The van der Waals surface area contributed by atoms with Crippen LogP contribution in [0.25, 0.3) is 0 Å². The number of nitrogens with one attached hydrogen (secondary N) is 1. The Labute approximate surface area is 207 Å². The van der Waals surface area contributed by atoms with Gasteiger partial charge in [-0.25, -0.2) is 14.8 Å². The highest BCUT2D eigenvalue weighted by Gasteiger charge is 2.22. The Balaban J connectivity index is 1.41. The molecule has 2 aromatic carbocycles. The van der Waals surface area contributed by atoms with E-state index in [0.717, 1.165) is 37.7 Å². The number of ether oxygens (including phenoxy) is 1. The minimum absolute atomic E-state index is 0.296. The van der Waals surface area contributed by atoms with Crippen LogP contribution < -0.4 is 20.9 Å². The Kier molecular flexibility index (Phi) is 7.39. The predicted molar refractivity (Wildman–Crippen MR) is 142 cm³/mol. The molecule has 3 N–H and O–H groups in total. The van der Waals surface area contributed by atoms with Crippen molar-refractivity contribution in [2.75, 3.05) is 53.6 Å². The summed E-state index contributed by atoms with van der Waals surface area (Å²) in [6, 6.07) is 13.6. The van der Waals surface area contributed by atoms with Crippen LogP contribution in [0.4, 0.5) is 28.7 Å². The largest absolute Gasteiger partial charge is 0.462 e. The molecule has 2 heterocycles. The molecule has 1 fully saturated rings. The van der Waals surface area contributed by atoms with Crippen LogP contribution in [0.5, 0.6) is 0 Å². The molecule has 35 heavy (non-hydrogen) atoms. The fourth-order valence-corrected chi connectivity index (χ4v) is 4.13. The van der Waals surface area contributed by atoms with E-state index in [-0.39, 0.29) is 5.97 Å².